The maximum absolute atomic E-state index is 11.3. The number of tetrazole rings is 1. The topological polar surface area (TPSA) is 69.9 Å². The number of hydrogen-bond acceptors (Lipinski definition) is 6. The third-order valence-electron chi connectivity index (χ3n) is 2.32. The van der Waals surface area contributed by atoms with Crippen LogP contribution in [0.4, 0.5) is 0 Å². The van der Waals surface area contributed by atoms with Gasteiger partial charge in [0, 0.05) is 12.8 Å². The van der Waals surface area contributed by atoms with E-state index < -0.39 is 0 Å². The lowest BCUT2D eigenvalue weighted by Crippen LogP contribution is -2.00. The first-order chi connectivity index (χ1) is 8.70. The summed E-state index contributed by atoms with van der Waals surface area (Å²) in [4.78, 5) is 11.3. The number of carbonyl (C=O) groups excluding carboxylic acids is 1. The van der Waals surface area contributed by atoms with Gasteiger partial charge in [-0.25, -0.2) is 9.48 Å². The highest BCUT2D eigenvalue weighted by Gasteiger charge is 2.06. The number of thioether (sulfide) groups is 1. The number of rotatable bonds is 4. The molecule has 0 fully saturated rings. The fourth-order valence-corrected chi connectivity index (χ4v) is 2.15. The maximum atomic E-state index is 11.3. The molecule has 0 unspecified atom stereocenters. The molecule has 1 aromatic heterocycles. The third-order valence-corrected chi connectivity index (χ3v) is 3.41. The van der Waals surface area contributed by atoms with Gasteiger partial charge in [0.05, 0.1) is 12.7 Å². The van der Waals surface area contributed by atoms with E-state index in [1.54, 1.807) is 23.9 Å². The van der Waals surface area contributed by atoms with Crippen LogP contribution in [-0.2, 0) is 17.5 Å². The van der Waals surface area contributed by atoms with Crippen molar-refractivity contribution >= 4 is 17.7 Å². The number of hydrogen-bond donors (Lipinski definition) is 0. The first-order valence-corrected chi connectivity index (χ1v) is 6.21. The minimum atomic E-state index is -0.327. The first kappa shape index (κ1) is 12.6. The Labute approximate surface area is 108 Å². The van der Waals surface area contributed by atoms with Crippen molar-refractivity contribution in [1.29, 1.82) is 0 Å². The second kappa shape index (κ2) is 5.63. The summed E-state index contributed by atoms with van der Waals surface area (Å²) in [6.45, 7) is 0. The Morgan fingerprint density at radius 1 is 1.39 bits per heavy atom. The molecule has 2 rings (SSSR count). The molecule has 0 saturated carbocycles. The number of nitrogens with zero attached hydrogens (tertiary/aromatic N) is 4. The van der Waals surface area contributed by atoms with Gasteiger partial charge < -0.3 is 4.74 Å². The summed E-state index contributed by atoms with van der Waals surface area (Å²) < 4.78 is 6.26. The molecule has 0 spiro atoms. The molecule has 0 aliphatic carbocycles. The van der Waals surface area contributed by atoms with E-state index in [0.29, 0.717) is 5.56 Å². The molecule has 0 bridgehead atoms. The second-order valence-electron chi connectivity index (χ2n) is 3.56. The highest BCUT2D eigenvalue weighted by molar-refractivity contribution is 7.98. The van der Waals surface area contributed by atoms with Crippen LogP contribution >= 0.6 is 11.8 Å². The van der Waals surface area contributed by atoms with Crippen LogP contribution in [0.25, 0.3) is 0 Å². The molecular formula is C11H12N4O2S. The van der Waals surface area contributed by atoms with Gasteiger partial charge in [0.1, 0.15) is 0 Å². The highest BCUT2D eigenvalue weighted by Crippen LogP contribution is 2.19. The van der Waals surface area contributed by atoms with E-state index in [-0.39, 0.29) is 5.97 Å². The average molecular weight is 264 g/mol. The van der Waals surface area contributed by atoms with Crippen LogP contribution in [0, 0.1) is 0 Å². The number of aromatic nitrogens is 4. The number of ether oxygens (including phenoxy) is 1. The van der Waals surface area contributed by atoms with Gasteiger partial charge in [-0.05, 0) is 28.1 Å². The minimum Gasteiger partial charge on any atom is -0.465 e. The summed E-state index contributed by atoms with van der Waals surface area (Å²) in [6, 6.07) is 7.28. The van der Waals surface area contributed by atoms with Crippen molar-refractivity contribution in [1.82, 2.24) is 20.2 Å². The summed E-state index contributed by atoms with van der Waals surface area (Å²) in [6.07, 6.45) is 0. The molecule has 6 nitrogen and oxygen atoms in total. The standard InChI is InChI=1S/C11H12N4O2S/c1-15-11(12-13-14-15)18-7-8-3-5-9(6-4-8)10(16)17-2/h3-6H,7H2,1-2H3. The molecule has 94 valence electrons. The van der Waals surface area contributed by atoms with Crippen LogP contribution in [0.5, 0.6) is 0 Å². The molecule has 0 saturated heterocycles. The normalized spacial score (nSPS) is 10.3. The fourth-order valence-electron chi connectivity index (χ4n) is 1.35. The van der Waals surface area contributed by atoms with E-state index in [2.05, 4.69) is 20.3 Å². The van der Waals surface area contributed by atoms with E-state index in [1.807, 2.05) is 12.1 Å². The Hall–Kier alpha value is -1.89. The second-order valence-corrected chi connectivity index (χ2v) is 4.50. The van der Waals surface area contributed by atoms with Crippen LogP contribution in [0.2, 0.25) is 0 Å². The molecule has 0 amide bonds. The van der Waals surface area contributed by atoms with Gasteiger partial charge in [-0.1, -0.05) is 23.9 Å². The summed E-state index contributed by atoms with van der Waals surface area (Å²) in [7, 11) is 3.16. The Morgan fingerprint density at radius 3 is 2.67 bits per heavy atom. The SMILES string of the molecule is COC(=O)c1ccc(CSc2nnnn2C)cc1. The average Bonchev–Trinajstić information content (AvgIpc) is 2.81. The summed E-state index contributed by atoms with van der Waals surface area (Å²) in [5.41, 5.74) is 1.64. The van der Waals surface area contributed by atoms with Crippen molar-refractivity contribution in [3.05, 3.63) is 35.4 Å². The molecule has 7 heteroatoms. The zero-order chi connectivity index (χ0) is 13.0. The third kappa shape index (κ3) is 2.86. The minimum absolute atomic E-state index is 0.327. The van der Waals surface area contributed by atoms with Gasteiger partial charge in [-0.2, -0.15) is 0 Å². The number of carbonyl (C=O) groups is 1. The highest BCUT2D eigenvalue weighted by atomic mass is 32.2. The number of methoxy groups -OCH3 is 1. The van der Waals surface area contributed by atoms with Gasteiger partial charge >= 0.3 is 5.97 Å². The molecule has 0 atom stereocenters. The van der Waals surface area contributed by atoms with Crippen LogP contribution in [-0.4, -0.2) is 33.3 Å². The predicted octanol–water partition coefficient (Wildman–Crippen LogP) is 1.29. The Balaban J connectivity index is 1.98. The predicted molar refractivity (Wildman–Crippen MR) is 66.1 cm³/mol. The summed E-state index contributed by atoms with van der Waals surface area (Å²) in [5, 5.41) is 12.0. The quantitative estimate of drug-likeness (QED) is 0.612. The van der Waals surface area contributed by atoms with E-state index in [0.717, 1.165) is 16.5 Å². The zero-order valence-electron chi connectivity index (χ0n) is 10.0. The molecule has 0 aliphatic rings. The van der Waals surface area contributed by atoms with Crippen LogP contribution < -0.4 is 0 Å². The van der Waals surface area contributed by atoms with Crippen LogP contribution in [0.1, 0.15) is 15.9 Å². The summed E-state index contributed by atoms with van der Waals surface area (Å²) in [5.74, 6) is 0.419. The lowest BCUT2D eigenvalue weighted by molar-refractivity contribution is 0.0600. The van der Waals surface area contributed by atoms with Crippen molar-refractivity contribution in [3.8, 4) is 0 Å². The van der Waals surface area contributed by atoms with Crippen molar-refractivity contribution in [2.24, 2.45) is 7.05 Å². The van der Waals surface area contributed by atoms with Crippen molar-refractivity contribution in [3.63, 3.8) is 0 Å². The van der Waals surface area contributed by atoms with Gasteiger partial charge in [0.2, 0.25) is 5.16 Å². The van der Waals surface area contributed by atoms with Crippen LogP contribution in [0.15, 0.2) is 29.4 Å². The van der Waals surface area contributed by atoms with Crippen molar-refractivity contribution in [2.75, 3.05) is 7.11 Å². The first-order valence-electron chi connectivity index (χ1n) is 5.23. The lowest BCUT2D eigenvalue weighted by Gasteiger charge is -2.02. The Kier molecular flexibility index (Phi) is 3.93. The lowest BCUT2D eigenvalue weighted by atomic mass is 10.1. The Bertz CT molecular complexity index is 538. The van der Waals surface area contributed by atoms with E-state index >= 15 is 0 Å². The fraction of sp³-hybridized carbons (Fsp3) is 0.273. The molecular weight excluding hydrogens is 252 g/mol. The molecule has 2 aromatic rings. The van der Waals surface area contributed by atoms with Gasteiger partial charge in [-0.15, -0.1) is 5.10 Å². The molecule has 1 aromatic carbocycles. The largest absolute Gasteiger partial charge is 0.465 e. The zero-order valence-corrected chi connectivity index (χ0v) is 10.8. The van der Waals surface area contributed by atoms with Gasteiger partial charge in [0.15, 0.2) is 0 Å². The molecule has 0 aliphatic heterocycles. The summed E-state index contributed by atoms with van der Waals surface area (Å²) >= 11 is 1.54. The molecule has 1 heterocycles. The van der Waals surface area contributed by atoms with E-state index in [9.17, 15) is 4.79 Å². The van der Waals surface area contributed by atoms with E-state index in [1.165, 1.54) is 18.9 Å². The van der Waals surface area contributed by atoms with Gasteiger partial charge in [-0.3, -0.25) is 0 Å². The maximum Gasteiger partial charge on any atom is 0.337 e. The number of benzene rings is 1. The molecule has 18 heavy (non-hydrogen) atoms. The Morgan fingerprint density at radius 2 is 2.11 bits per heavy atom. The number of esters is 1. The smallest absolute Gasteiger partial charge is 0.337 e. The molecule has 0 radical (unpaired) electrons. The molecule has 0 N–H and O–H groups in total. The number of aryl methyl sites for hydroxylation is 1. The van der Waals surface area contributed by atoms with Crippen LogP contribution in [0.3, 0.4) is 0 Å². The van der Waals surface area contributed by atoms with E-state index in [4.69, 9.17) is 0 Å². The van der Waals surface area contributed by atoms with Crippen molar-refractivity contribution in [2.45, 2.75) is 10.9 Å². The van der Waals surface area contributed by atoms with Gasteiger partial charge in [0.25, 0.3) is 0 Å². The van der Waals surface area contributed by atoms with Crippen molar-refractivity contribution < 1.29 is 9.53 Å². The monoisotopic (exact) mass is 264 g/mol.